The van der Waals surface area contributed by atoms with Crippen molar-refractivity contribution in [3.05, 3.63) is 54.1 Å². The monoisotopic (exact) mass is 364 g/mol. The number of halogens is 3. The summed E-state index contributed by atoms with van der Waals surface area (Å²) in [6, 6.07) is 11.2. The zero-order chi connectivity index (χ0) is 18.7. The molecule has 2 aromatic rings. The molecule has 0 bridgehead atoms. The van der Waals surface area contributed by atoms with Gasteiger partial charge in [0.05, 0.1) is 17.2 Å². The van der Waals surface area contributed by atoms with Crippen LogP contribution in [0.2, 0.25) is 0 Å². The highest BCUT2D eigenvalue weighted by molar-refractivity contribution is 5.99. The Kier molecular flexibility index (Phi) is 4.83. The van der Waals surface area contributed by atoms with E-state index in [4.69, 9.17) is 4.74 Å². The van der Waals surface area contributed by atoms with Crippen molar-refractivity contribution in [2.45, 2.75) is 12.6 Å². The topological polar surface area (TPSA) is 67.4 Å². The van der Waals surface area contributed by atoms with Crippen LogP contribution in [0.5, 0.6) is 5.75 Å². The molecular formula is C18H15F3N2O3. The van der Waals surface area contributed by atoms with Gasteiger partial charge in [0.15, 0.2) is 0 Å². The van der Waals surface area contributed by atoms with E-state index < -0.39 is 23.6 Å². The molecule has 0 saturated heterocycles. The molecular weight excluding hydrogens is 349 g/mol. The van der Waals surface area contributed by atoms with Crippen LogP contribution in [0, 0.1) is 5.92 Å². The van der Waals surface area contributed by atoms with Gasteiger partial charge in [-0.15, -0.1) is 0 Å². The van der Waals surface area contributed by atoms with E-state index in [-0.39, 0.29) is 24.6 Å². The number of benzene rings is 2. The quantitative estimate of drug-likeness (QED) is 0.873. The minimum absolute atomic E-state index is 0.00113. The summed E-state index contributed by atoms with van der Waals surface area (Å²) in [5, 5.41) is 5.07. The van der Waals surface area contributed by atoms with E-state index in [1.807, 2.05) is 0 Å². The second-order valence-corrected chi connectivity index (χ2v) is 5.82. The zero-order valence-corrected chi connectivity index (χ0v) is 13.5. The molecule has 1 atom stereocenters. The van der Waals surface area contributed by atoms with Gasteiger partial charge in [-0.25, -0.2) is 0 Å². The number of hydrogen-bond donors (Lipinski definition) is 2. The summed E-state index contributed by atoms with van der Waals surface area (Å²) < 4.78 is 43.7. The Bertz CT molecular complexity index is 836. The van der Waals surface area contributed by atoms with Crippen molar-refractivity contribution < 1.29 is 27.5 Å². The van der Waals surface area contributed by atoms with E-state index in [0.29, 0.717) is 11.4 Å². The van der Waals surface area contributed by atoms with Crippen LogP contribution in [0.1, 0.15) is 12.0 Å². The van der Waals surface area contributed by atoms with Crippen molar-refractivity contribution in [2.75, 3.05) is 17.2 Å². The van der Waals surface area contributed by atoms with E-state index >= 15 is 0 Å². The second kappa shape index (κ2) is 7.07. The summed E-state index contributed by atoms with van der Waals surface area (Å²) in [5.41, 5.74) is -0.331. The molecule has 1 heterocycles. The number of rotatable bonds is 3. The molecule has 26 heavy (non-hydrogen) atoms. The van der Waals surface area contributed by atoms with E-state index in [0.717, 1.165) is 12.1 Å². The third-order valence-corrected chi connectivity index (χ3v) is 3.86. The lowest BCUT2D eigenvalue weighted by Gasteiger charge is -2.13. The fraction of sp³-hybridized carbons (Fsp3) is 0.222. The molecule has 136 valence electrons. The SMILES string of the molecule is O=C(CC1COc2ccccc2NC1=O)Nc1cccc(C(F)(F)F)c1. The average Bonchev–Trinajstić information content (AvgIpc) is 2.73. The Balaban J connectivity index is 1.65. The van der Waals surface area contributed by atoms with E-state index in [1.165, 1.54) is 12.1 Å². The highest BCUT2D eigenvalue weighted by atomic mass is 19.4. The number of fused-ring (bicyclic) bond motifs is 1. The van der Waals surface area contributed by atoms with Crippen molar-refractivity contribution in [2.24, 2.45) is 5.92 Å². The van der Waals surface area contributed by atoms with Gasteiger partial charge in [-0.05, 0) is 30.3 Å². The number of carbonyl (C=O) groups is 2. The first-order valence-corrected chi connectivity index (χ1v) is 7.83. The van der Waals surface area contributed by atoms with Crippen LogP contribution >= 0.6 is 0 Å². The Morgan fingerprint density at radius 3 is 2.73 bits per heavy atom. The summed E-state index contributed by atoms with van der Waals surface area (Å²) in [7, 11) is 0. The molecule has 2 amide bonds. The molecule has 0 fully saturated rings. The van der Waals surface area contributed by atoms with Crippen LogP contribution in [0.25, 0.3) is 0 Å². The molecule has 8 heteroatoms. The maximum absolute atomic E-state index is 12.7. The molecule has 0 spiro atoms. The van der Waals surface area contributed by atoms with Crippen LogP contribution in [-0.4, -0.2) is 18.4 Å². The number of alkyl halides is 3. The third kappa shape index (κ3) is 4.14. The first-order valence-electron chi connectivity index (χ1n) is 7.83. The molecule has 0 aromatic heterocycles. The predicted molar refractivity (Wildman–Crippen MR) is 88.7 cm³/mol. The van der Waals surface area contributed by atoms with Gasteiger partial charge >= 0.3 is 6.18 Å². The number of hydrogen-bond acceptors (Lipinski definition) is 3. The van der Waals surface area contributed by atoms with Gasteiger partial charge in [0.25, 0.3) is 0 Å². The number of anilines is 2. The van der Waals surface area contributed by atoms with Gasteiger partial charge in [0, 0.05) is 12.1 Å². The number of para-hydroxylation sites is 2. The summed E-state index contributed by atoms with van der Waals surface area (Å²) in [6.07, 6.45) is -4.71. The Morgan fingerprint density at radius 1 is 1.19 bits per heavy atom. The van der Waals surface area contributed by atoms with E-state index in [9.17, 15) is 22.8 Å². The molecule has 1 aliphatic rings. The molecule has 1 aliphatic heterocycles. The smallest absolute Gasteiger partial charge is 0.416 e. The molecule has 3 rings (SSSR count). The van der Waals surface area contributed by atoms with E-state index in [1.54, 1.807) is 24.3 Å². The van der Waals surface area contributed by atoms with Gasteiger partial charge in [-0.3, -0.25) is 9.59 Å². The lowest BCUT2D eigenvalue weighted by atomic mass is 10.1. The molecule has 1 unspecified atom stereocenters. The molecule has 2 N–H and O–H groups in total. The summed E-state index contributed by atoms with van der Waals surface area (Å²) in [6.45, 7) is -0.00113. The van der Waals surface area contributed by atoms with Crippen LogP contribution in [0.3, 0.4) is 0 Å². The number of amides is 2. The highest BCUT2D eigenvalue weighted by Gasteiger charge is 2.31. The van der Waals surface area contributed by atoms with Gasteiger partial charge < -0.3 is 15.4 Å². The van der Waals surface area contributed by atoms with Gasteiger partial charge in [-0.2, -0.15) is 13.2 Å². The van der Waals surface area contributed by atoms with Crippen LogP contribution in [0.15, 0.2) is 48.5 Å². The van der Waals surface area contributed by atoms with Gasteiger partial charge in [0.2, 0.25) is 11.8 Å². The Morgan fingerprint density at radius 2 is 1.96 bits per heavy atom. The third-order valence-electron chi connectivity index (χ3n) is 3.86. The average molecular weight is 364 g/mol. The predicted octanol–water partition coefficient (Wildman–Crippen LogP) is 3.68. The zero-order valence-electron chi connectivity index (χ0n) is 13.5. The van der Waals surface area contributed by atoms with Crippen LogP contribution in [0.4, 0.5) is 24.5 Å². The molecule has 0 aliphatic carbocycles. The lowest BCUT2D eigenvalue weighted by Crippen LogP contribution is -2.29. The van der Waals surface area contributed by atoms with Crippen molar-refractivity contribution >= 4 is 23.2 Å². The van der Waals surface area contributed by atoms with Crippen molar-refractivity contribution in [3.8, 4) is 5.75 Å². The van der Waals surface area contributed by atoms with Crippen molar-refractivity contribution in [3.63, 3.8) is 0 Å². The number of nitrogens with one attached hydrogen (secondary N) is 2. The number of ether oxygens (including phenoxy) is 1. The summed E-state index contributed by atoms with van der Waals surface area (Å²) >= 11 is 0. The highest BCUT2D eigenvalue weighted by Crippen LogP contribution is 2.31. The van der Waals surface area contributed by atoms with Gasteiger partial charge in [-0.1, -0.05) is 18.2 Å². The van der Waals surface area contributed by atoms with Crippen LogP contribution < -0.4 is 15.4 Å². The standard InChI is InChI=1S/C18H15F3N2O3/c19-18(20,21)12-4-3-5-13(9-12)22-16(24)8-11-10-26-15-7-2-1-6-14(15)23-17(11)25/h1-7,9,11H,8,10H2,(H,22,24)(H,23,25). The minimum atomic E-state index is -4.50. The molecule has 0 radical (unpaired) electrons. The number of carbonyl (C=O) groups excluding carboxylic acids is 2. The minimum Gasteiger partial charge on any atom is -0.491 e. The fourth-order valence-corrected chi connectivity index (χ4v) is 2.56. The first kappa shape index (κ1) is 17.8. The Labute approximate surface area is 147 Å². The van der Waals surface area contributed by atoms with E-state index in [2.05, 4.69) is 10.6 Å². The normalized spacial score (nSPS) is 16.7. The maximum atomic E-state index is 12.7. The molecule has 2 aromatic carbocycles. The first-order chi connectivity index (χ1) is 12.3. The summed E-state index contributed by atoms with van der Waals surface area (Å²) in [4.78, 5) is 24.4. The maximum Gasteiger partial charge on any atom is 0.416 e. The second-order valence-electron chi connectivity index (χ2n) is 5.82. The summed E-state index contributed by atoms with van der Waals surface area (Å²) in [5.74, 6) is -1.21. The molecule has 0 saturated carbocycles. The largest absolute Gasteiger partial charge is 0.491 e. The lowest BCUT2D eigenvalue weighted by molar-refractivity contribution is -0.137. The Hall–Kier alpha value is -3.03. The molecule has 5 nitrogen and oxygen atoms in total. The van der Waals surface area contributed by atoms with Crippen molar-refractivity contribution in [1.82, 2.24) is 0 Å². The van der Waals surface area contributed by atoms with Crippen molar-refractivity contribution in [1.29, 1.82) is 0 Å². The fourth-order valence-electron chi connectivity index (χ4n) is 2.56. The van der Waals surface area contributed by atoms with Gasteiger partial charge in [0.1, 0.15) is 12.4 Å². The van der Waals surface area contributed by atoms with Crippen LogP contribution in [-0.2, 0) is 15.8 Å².